The predicted octanol–water partition coefficient (Wildman–Crippen LogP) is 5.84. The largest absolute Gasteiger partial charge is 0.417 e. The van der Waals surface area contributed by atoms with Crippen molar-refractivity contribution in [1.82, 2.24) is 19.9 Å². The van der Waals surface area contributed by atoms with Crippen molar-refractivity contribution in [2.24, 2.45) is 5.92 Å². The van der Waals surface area contributed by atoms with Crippen molar-refractivity contribution in [3.8, 4) is 11.4 Å². The molecule has 1 saturated heterocycles. The molecule has 0 radical (unpaired) electrons. The fourth-order valence-electron chi connectivity index (χ4n) is 4.82. The first-order valence-electron chi connectivity index (χ1n) is 11.2. The summed E-state index contributed by atoms with van der Waals surface area (Å²) in [5.74, 6) is 0.847. The minimum Gasteiger partial charge on any atom is -0.332 e. The van der Waals surface area contributed by atoms with E-state index in [2.05, 4.69) is 15.0 Å². The van der Waals surface area contributed by atoms with Crippen LogP contribution in [-0.4, -0.2) is 37.8 Å². The van der Waals surface area contributed by atoms with Gasteiger partial charge >= 0.3 is 6.18 Å². The standard InChI is InChI=1S/C25H22ClF3N4O/c26-17-4-9-20(23-30-10-1-11-31-23)21(13-17)24(34)33-19(7-2-15-12-22(15)33)8-6-18-5-3-16(14-32-18)25(27,28)29/h1,3-5,9-11,13-15,19,22H,2,6-8,12H2/t15-,19+,22+/m1/s1. The first-order valence-corrected chi connectivity index (χ1v) is 11.6. The van der Waals surface area contributed by atoms with E-state index in [4.69, 9.17) is 11.6 Å². The molecule has 1 aliphatic carbocycles. The number of pyridine rings is 1. The lowest BCUT2D eigenvalue weighted by atomic mass is 9.95. The lowest BCUT2D eigenvalue weighted by Gasteiger charge is -2.36. The molecule has 5 nitrogen and oxygen atoms in total. The summed E-state index contributed by atoms with van der Waals surface area (Å²) in [5, 5.41) is 0.456. The van der Waals surface area contributed by atoms with E-state index in [-0.39, 0.29) is 18.0 Å². The number of likely N-dealkylation sites (tertiary alicyclic amines) is 1. The average Bonchev–Trinajstić information content (AvgIpc) is 3.62. The number of hydrogen-bond acceptors (Lipinski definition) is 4. The van der Waals surface area contributed by atoms with Gasteiger partial charge in [0.15, 0.2) is 5.82 Å². The summed E-state index contributed by atoms with van der Waals surface area (Å²) in [6.45, 7) is 0. The number of hydrogen-bond donors (Lipinski definition) is 0. The number of aromatic nitrogens is 3. The summed E-state index contributed by atoms with van der Waals surface area (Å²) in [7, 11) is 0. The first kappa shape index (κ1) is 22.8. The molecule has 5 rings (SSSR count). The number of fused-ring (bicyclic) bond motifs is 1. The SMILES string of the molecule is O=C(c1cc(Cl)ccc1-c1ncccn1)N1[C@H](CCc2ccc(C(F)(F)F)cn2)CC[C@@H]2C[C@@H]21. The summed E-state index contributed by atoms with van der Waals surface area (Å²) in [6, 6.07) is 9.48. The van der Waals surface area contributed by atoms with Crippen LogP contribution < -0.4 is 0 Å². The molecule has 2 aliphatic rings. The monoisotopic (exact) mass is 486 g/mol. The molecule has 0 unspecified atom stereocenters. The van der Waals surface area contributed by atoms with Crippen LogP contribution in [0.3, 0.4) is 0 Å². The number of halogens is 4. The van der Waals surface area contributed by atoms with Gasteiger partial charge in [0.1, 0.15) is 0 Å². The van der Waals surface area contributed by atoms with Crippen LogP contribution in [0.2, 0.25) is 5.02 Å². The molecule has 9 heteroatoms. The normalized spacial score (nSPS) is 21.8. The molecule has 0 bridgehead atoms. The summed E-state index contributed by atoms with van der Waals surface area (Å²) in [4.78, 5) is 28.4. The Balaban J connectivity index is 1.38. The minimum absolute atomic E-state index is 0.0242. The van der Waals surface area contributed by atoms with Crippen LogP contribution in [0, 0.1) is 5.92 Å². The Bertz CT molecular complexity index is 1190. The molecule has 3 atom stereocenters. The van der Waals surface area contributed by atoms with E-state index < -0.39 is 11.7 Å². The number of alkyl halides is 3. The van der Waals surface area contributed by atoms with Gasteiger partial charge in [0.05, 0.1) is 11.1 Å². The average molecular weight is 487 g/mol. The third-order valence-corrected chi connectivity index (χ3v) is 6.88. The Morgan fingerprint density at radius 3 is 2.59 bits per heavy atom. The molecular formula is C25H22ClF3N4O. The third-order valence-electron chi connectivity index (χ3n) is 6.65. The third kappa shape index (κ3) is 4.64. The number of rotatable bonds is 5. The van der Waals surface area contributed by atoms with Crippen LogP contribution in [0.5, 0.6) is 0 Å². The van der Waals surface area contributed by atoms with Crippen LogP contribution in [0.4, 0.5) is 13.2 Å². The van der Waals surface area contributed by atoms with Crippen molar-refractivity contribution in [2.75, 3.05) is 0 Å². The van der Waals surface area contributed by atoms with Gasteiger partial charge in [0.2, 0.25) is 0 Å². The second-order valence-corrected chi connectivity index (χ2v) is 9.28. The summed E-state index contributed by atoms with van der Waals surface area (Å²) in [6.07, 6.45) is 3.71. The van der Waals surface area contributed by atoms with Crippen molar-refractivity contribution in [3.63, 3.8) is 0 Å². The van der Waals surface area contributed by atoms with Gasteiger partial charge in [-0.15, -0.1) is 0 Å². The summed E-state index contributed by atoms with van der Waals surface area (Å²) in [5.41, 5.74) is 0.910. The fraction of sp³-hybridized carbons (Fsp3) is 0.360. The molecule has 1 aromatic carbocycles. The minimum atomic E-state index is -4.41. The van der Waals surface area contributed by atoms with Crippen LogP contribution in [0.25, 0.3) is 11.4 Å². The van der Waals surface area contributed by atoms with E-state index in [1.807, 2.05) is 4.90 Å². The smallest absolute Gasteiger partial charge is 0.332 e. The van der Waals surface area contributed by atoms with Crippen LogP contribution in [-0.2, 0) is 12.6 Å². The number of amides is 1. The van der Waals surface area contributed by atoms with E-state index in [0.717, 1.165) is 31.5 Å². The maximum atomic E-state index is 13.8. The zero-order valence-electron chi connectivity index (χ0n) is 18.2. The van der Waals surface area contributed by atoms with Gasteiger partial charge < -0.3 is 4.90 Å². The summed E-state index contributed by atoms with van der Waals surface area (Å²) >= 11 is 6.26. The van der Waals surface area contributed by atoms with Crippen molar-refractivity contribution in [3.05, 3.63) is 76.8 Å². The highest BCUT2D eigenvalue weighted by Crippen LogP contribution is 2.47. The Morgan fingerprint density at radius 2 is 1.88 bits per heavy atom. The number of piperidine rings is 1. The van der Waals surface area contributed by atoms with Gasteiger partial charge in [-0.3, -0.25) is 9.78 Å². The van der Waals surface area contributed by atoms with Crippen LogP contribution in [0.1, 0.15) is 47.3 Å². The van der Waals surface area contributed by atoms with E-state index in [1.54, 1.807) is 36.7 Å². The highest BCUT2D eigenvalue weighted by molar-refractivity contribution is 6.31. The van der Waals surface area contributed by atoms with Gasteiger partial charge in [-0.05, 0) is 74.4 Å². The van der Waals surface area contributed by atoms with Crippen LogP contribution in [0.15, 0.2) is 55.0 Å². The topological polar surface area (TPSA) is 59.0 Å². The molecule has 0 N–H and O–H groups in total. The highest BCUT2D eigenvalue weighted by atomic mass is 35.5. The van der Waals surface area contributed by atoms with Crippen LogP contribution >= 0.6 is 11.6 Å². The number of carbonyl (C=O) groups excluding carboxylic acids is 1. The van der Waals surface area contributed by atoms with Crippen molar-refractivity contribution >= 4 is 17.5 Å². The molecule has 2 aromatic heterocycles. The van der Waals surface area contributed by atoms with Gasteiger partial charge in [-0.25, -0.2) is 9.97 Å². The van der Waals surface area contributed by atoms with E-state index in [9.17, 15) is 18.0 Å². The second kappa shape index (κ2) is 8.98. The molecule has 1 saturated carbocycles. The number of carbonyl (C=O) groups is 1. The fourth-order valence-corrected chi connectivity index (χ4v) is 4.99. The predicted molar refractivity (Wildman–Crippen MR) is 121 cm³/mol. The second-order valence-electron chi connectivity index (χ2n) is 8.84. The molecule has 176 valence electrons. The molecule has 1 aliphatic heterocycles. The summed E-state index contributed by atoms with van der Waals surface area (Å²) < 4.78 is 38.5. The van der Waals surface area contributed by atoms with Gasteiger partial charge in [-0.1, -0.05) is 11.6 Å². The van der Waals surface area contributed by atoms with Gasteiger partial charge in [-0.2, -0.15) is 13.2 Å². The Kier molecular flexibility index (Phi) is 6.02. The lowest BCUT2D eigenvalue weighted by Crippen LogP contribution is -2.45. The maximum Gasteiger partial charge on any atom is 0.417 e. The lowest BCUT2D eigenvalue weighted by molar-refractivity contribution is -0.137. The zero-order chi connectivity index (χ0) is 23.9. The molecule has 2 fully saturated rings. The van der Waals surface area contributed by atoms with Crippen molar-refractivity contribution in [1.29, 1.82) is 0 Å². The Labute approximate surface area is 200 Å². The van der Waals surface area contributed by atoms with E-state index >= 15 is 0 Å². The van der Waals surface area contributed by atoms with Crippen molar-refractivity contribution in [2.45, 2.75) is 50.4 Å². The Hall–Kier alpha value is -3.00. The molecule has 0 spiro atoms. The number of aryl methyl sites for hydroxylation is 1. The highest BCUT2D eigenvalue weighted by Gasteiger charge is 2.50. The zero-order valence-corrected chi connectivity index (χ0v) is 18.9. The van der Waals surface area contributed by atoms with Crippen molar-refractivity contribution < 1.29 is 18.0 Å². The molecule has 3 heterocycles. The molecule has 3 aromatic rings. The molecule has 34 heavy (non-hydrogen) atoms. The number of benzene rings is 1. The number of nitrogens with zero attached hydrogens (tertiary/aromatic N) is 4. The Morgan fingerprint density at radius 1 is 1.09 bits per heavy atom. The first-order chi connectivity index (χ1) is 16.3. The quantitative estimate of drug-likeness (QED) is 0.455. The molecular weight excluding hydrogens is 465 g/mol. The van der Waals surface area contributed by atoms with E-state index in [0.29, 0.717) is 46.4 Å². The van der Waals surface area contributed by atoms with E-state index in [1.165, 1.54) is 6.07 Å². The van der Waals surface area contributed by atoms with Gasteiger partial charge in [0.25, 0.3) is 5.91 Å². The maximum absolute atomic E-state index is 13.8. The van der Waals surface area contributed by atoms with Gasteiger partial charge in [0, 0.05) is 47.0 Å². The molecule has 1 amide bonds.